The number of nitrogens with one attached hydrogen (secondary N) is 1. The van der Waals surface area contributed by atoms with Gasteiger partial charge in [-0.1, -0.05) is 40.9 Å². The molecule has 0 aromatic heterocycles. The lowest BCUT2D eigenvalue weighted by molar-refractivity contribution is 0.0903. The van der Waals surface area contributed by atoms with Crippen LogP contribution in [0.15, 0.2) is 36.4 Å². The van der Waals surface area contributed by atoms with E-state index in [0.717, 1.165) is 19.4 Å². The Morgan fingerprint density at radius 2 is 2.04 bits per heavy atom. The van der Waals surface area contributed by atoms with E-state index in [1.54, 1.807) is 30.3 Å². The molecule has 144 valence electrons. The number of benzene rings is 2. The van der Waals surface area contributed by atoms with Gasteiger partial charge in [0.2, 0.25) is 0 Å². The molecule has 8 heteroatoms. The lowest BCUT2D eigenvalue weighted by atomic mass is 10.1. The molecule has 1 aliphatic rings. The summed E-state index contributed by atoms with van der Waals surface area (Å²) in [7, 11) is 0. The quantitative estimate of drug-likeness (QED) is 0.554. The lowest BCUT2D eigenvalue weighted by Crippen LogP contribution is -2.39. The highest BCUT2D eigenvalue weighted by Gasteiger charge is 2.23. The van der Waals surface area contributed by atoms with Crippen molar-refractivity contribution in [1.82, 2.24) is 4.90 Å². The van der Waals surface area contributed by atoms with Crippen LogP contribution in [0.4, 0.5) is 10.1 Å². The molecule has 0 radical (unpaired) electrons. The molecule has 1 N–H and O–H groups in total. The molecule has 1 saturated heterocycles. The maximum Gasteiger partial charge on any atom is 0.173 e. The average Bonchev–Trinajstić information content (AvgIpc) is 3.12. The van der Waals surface area contributed by atoms with Gasteiger partial charge >= 0.3 is 0 Å². The van der Waals surface area contributed by atoms with Crippen LogP contribution < -0.4 is 5.32 Å². The van der Waals surface area contributed by atoms with E-state index in [1.807, 2.05) is 4.90 Å². The summed E-state index contributed by atoms with van der Waals surface area (Å²) >= 11 is 23.9. The van der Waals surface area contributed by atoms with Gasteiger partial charge in [0.05, 0.1) is 16.8 Å². The fourth-order valence-electron chi connectivity index (χ4n) is 2.91. The summed E-state index contributed by atoms with van der Waals surface area (Å²) in [4.78, 5) is 1.85. The highest BCUT2D eigenvalue weighted by molar-refractivity contribution is 7.80. The van der Waals surface area contributed by atoms with Crippen molar-refractivity contribution in [3.8, 4) is 0 Å². The molecule has 1 atom stereocenters. The van der Waals surface area contributed by atoms with E-state index in [-0.39, 0.29) is 18.5 Å². The first-order valence-corrected chi connectivity index (χ1v) is 10.0. The van der Waals surface area contributed by atoms with Gasteiger partial charge in [-0.2, -0.15) is 0 Å². The molecule has 0 aliphatic carbocycles. The van der Waals surface area contributed by atoms with E-state index in [0.29, 0.717) is 38.0 Å². The van der Waals surface area contributed by atoms with Crippen LogP contribution in [-0.2, 0) is 11.3 Å². The van der Waals surface area contributed by atoms with Gasteiger partial charge in [-0.25, -0.2) is 4.39 Å². The minimum atomic E-state index is -0.368. The molecule has 0 saturated carbocycles. The second-order valence-corrected chi connectivity index (χ2v) is 7.91. The monoisotopic (exact) mass is 446 g/mol. The predicted molar refractivity (Wildman–Crippen MR) is 113 cm³/mol. The molecule has 0 unspecified atom stereocenters. The number of anilines is 1. The minimum Gasteiger partial charge on any atom is -0.376 e. The molecule has 0 spiro atoms. The van der Waals surface area contributed by atoms with E-state index in [2.05, 4.69) is 5.32 Å². The third-order valence-electron chi connectivity index (χ3n) is 4.32. The molecule has 2 aromatic rings. The molecule has 2 aromatic carbocycles. The molecular formula is C19H18Cl3FN2OS. The van der Waals surface area contributed by atoms with Crippen LogP contribution in [0.3, 0.4) is 0 Å². The van der Waals surface area contributed by atoms with E-state index in [9.17, 15) is 4.39 Å². The van der Waals surface area contributed by atoms with Crippen molar-refractivity contribution in [2.45, 2.75) is 25.5 Å². The van der Waals surface area contributed by atoms with Crippen molar-refractivity contribution in [1.29, 1.82) is 0 Å². The average molecular weight is 448 g/mol. The second-order valence-electron chi connectivity index (χ2n) is 6.27. The Bertz CT molecular complexity index is 810. The Morgan fingerprint density at radius 3 is 2.70 bits per heavy atom. The van der Waals surface area contributed by atoms with Crippen LogP contribution >= 0.6 is 47.0 Å². The first-order chi connectivity index (χ1) is 12.9. The zero-order valence-electron chi connectivity index (χ0n) is 14.4. The summed E-state index contributed by atoms with van der Waals surface area (Å²) in [6, 6.07) is 9.73. The largest absolute Gasteiger partial charge is 0.376 e. The Hall–Kier alpha value is -1.11. The second kappa shape index (κ2) is 9.39. The van der Waals surface area contributed by atoms with Gasteiger partial charge in [0.15, 0.2) is 5.11 Å². The first-order valence-electron chi connectivity index (χ1n) is 8.49. The molecular weight excluding hydrogens is 430 g/mol. The molecule has 1 heterocycles. The summed E-state index contributed by atoms with van der Waals surface area (Å²) in [6.07, 6.45) is 1.98. The van der Waals surface area contributed by atoms with Crippen molar-refractivity contribution in [3.63, 3.8) is 0 Å². The number of rotatable bonds is 5. The maximum absolute atomic E-state index is 14.3. The molecule has 3 rings (SSSR count). The first kappa shape index (κ1) is 20.6. The fourth-order valence-corrected chi connectivity index (χ4v) is 3.84. The number of halogens is 4. The van der Waals surface area contributed by atoms with E-state index in [1.165, 1.54) is 6.07 Å². The highest BCUT2D eigenvalue weighted by Crippen LogP contribution is 2.27. The van der Waals surface area contributed by atoms with Gasteiger partial charge in [0.1, 0.15) is 5.82 Å². The third kappa shape index (κ3) is 5.46. The van der Waals surface area contributed by atoms with Gasteiger partial charge in [0, 0.05) is 35.3 Å². The maximum atomic E-state index is 14.3. The van der Waals surface area contributed by atoms with Gasteiger partial charge in [-0.15, -0.1) is 0 Å². The zero-order chi connectivity index (χ0) is 19.4. The summed E-state index contributed by atoms with van der Waals surface area (Å²) in [6.45, 7) is 1.48. The topological polar surface area (TPSA) is 24.5 Å². The lowest BCUT2D eigenvalue weighted by Gasteiger charge is -2.29. The zero-order valence-corrected chi connectivity index (χ0v) is 17.4. The SMILES string of the molecule is Fc1cccc(Cl)c1CN(C[C@@H]1CCCO1)C(=S)Nc1ccc(Cl)cc1Cl. The summed E-state index contributed by atoms with van der Waals surface area (Å²) in [5, 5.41) is 4.87. The molecule has 1 fully saturated rings. The highest BCUT2D eigenvalue weighted by atomic mass is 35.5. The molecule has 3 nitrogen and oxygen atoms in total. The number of nitrogens with zero attached hydrogens (tertiary/aromatic N) is 1. The molecule has 27 heavy (non-hydrogen) atoms. The van der Waals surface area contributed by atoms with Crippen LogP contribution in [0.1, 0.15) is 18.4 Å². The predicted octanol–water partition coefficient (Wildman–Crippen LogP) is 6.16. The van der Waals surface area contributed by atoms with E-state index >= 15 is 0 Å². The van der Waals surface area contributed by atoms with Crippen molar-refractivity contribution < 1.29 is 9.13 Å². The van der Waals surface area contributed by atoms with Crippen molar-refractivity contribution in [3.05, 3.63) is 62.8 Å². The van der Waals surface area contributed by atoms with E-state index < -0.39 is 0 Å². The summed E-state index contributed by atoms with van der Waals surface area (Å²) in [5.74, 6) is -0.368. The van der Waals surface area contributed by atoms with Crippen LogP contribution in [0.25, 0.3) is 0 Å². The van der Waals surface area contributed by atoms with E-state index in [4.69, 9.17) is 51.8 Å². The molecule has 1 aliphatic heterocycles. The minimum absolute atomic E-state index is 0.0380. The number of hydrogen-bond donors (Lipinski definition) is 1. The normalized spacial score (nSPS) is 16.4. The number of thiocarbonyl (C=S) groups is 1. The Labute approximate surface area is 178 Å². The van der Waals surface area contributed by atoms with Crippen LogP contribution in [0, 0.1) is 5.82 Å². The van der Waals surface area contributed by atoms with Crippen molar-refractivity contribution >= 4 is 57.8 Å². The summed E-state index contributed by atoms with van der Waals surface area (Å²) < 4.78 is 20.0. The molecule has 0 bridgehead atoms. The van der Waals surface area contributed by atoms with Crippen LogP contribution in [0.5, 0.6) is 0 Å². The summed E-state index contributed by atoms with van der Waals surface area (Å²) in [5.41, 5.74) is 1.02. The van der Waals surface area contributed by atoms with Gasteiger partial charge in [0.25, 0.3) is 0 Å². The van der Waals surface area contributed by atoms with Crippen LogP contribution in [-0.4, -0.2) is 29.3 Å². The molecule has 0 amide bonds. The number of ether oxygens (including phenoxy) is 1. The Morgan fingerprint density at radius 1 is 1.22 bits per heavy atom. The van der Waals surface area contributed by atoms with Gasteiger partial charge in [-0.3, -0.25) is 0 Å². The van der Waals surface area contributed by atoms with Gasteiger partial charge < -0.3 is 15.0 Å². The standard InChI is InChI=1S/C19H18Cl3FN2OS/c20-12-6-7-18(16(22)9-12)24-19(27)25(10-13-3-2-8-26-13)11-14-15(21)4-1-5-17(14)23/h1,4-7,9,13H,2-3,8,10-11H2,(H,24,27)/t13-/m0/s1. The smallest absolute Gasteiger partial charge is 0.173 e. The van der Waals surface area contributed by atoms with Crippen LogP contribution in [0.2, 0.25) is 15.1 Å². The fraction of sp³-hybridized carbons (Fsp3) is 0.316. The Balaban J connectivity index is 1.80. The Kier molecular flexibility index (Phi) is 7.17. The van der Waals surface area contributed by atoms with Gasteiger partial charge in [-0.05, 0) is 55.4 Å². The number of hydrogen-bond acceptors (Lipinski definition) is 2. The van der Waals surface area contributed by atoms with Crippen molar-refractivity contribution in [2.24, 2.45) is 0 Å². The third-order valence-corrected chi connectivity index (χ3v) is 5.58. The van der Waals surface area contributed by atoms with Crippen molar-refractivity contribution in [2.75, 3.05) is 18.5 Å².